The van der Waals surface area contributed by atoms with Crippen LogP contribution in [0, 0.1) is 0 Å². The van der Waals surface area contributed by atoms with E-state index in [-0.39, 0.29) is 31.1 Å². The summed E-state index contributed by atoms with van der Waals surface area (Å²) in [5, 5.41) is 27.2. The van der Waals surface area contributed by atoms with Crippen LogP contribution in [0.4, 0.5) is 0 Å². The zero-order valence-electron chi connectivity index (χ0n) is 15.9. The summed E-state index contributed by atoms with van der Waals surface area (Å²) in [7, 11) is -1.34. The Hall–Kier alpha value is -0.825. The van der Waals surface area contributed by atoms with Gasteiger partial charge in [-0.15, -0.1) is 24.8 Å². The van der Waals surface area contributed by atoms with Gasteiger partial charge in [0.05, 0.1) is 0 Å². The molecule has 0 amide bonds. The molecule has 0 aromatic heterocycles. The van der Waals surface area contributed by atoms with E-state index in [9.17, 15) is 9.90 Å². The second-order valence-electron chi connectivity index (χ2n) is 6.61. The van der Waals surface area contributed by atoms with Gasteiger partial charge in [0.1, 0.15) is 5.54 Å². The Labute approximate surface area is 175 Å². The Morgan fingerprint density at radius 3 is 2.26 bits per heavy atom. The number of unbranched alkanes of at least 4 members (excludes halogenated alkanes) is 1. The molecule has 156 valence electrons. The van der Waals surface area contributed by atoms with Crippen molar-refractivity contribution in [2.75, 3.05) is 19.6 Å². The fourth-order valence-corrected chi connectivity index (χ4v) is 2.82. The van der Waals surface area contributed by atoms with Crippen molar-refractivity contribution >= 4 is 37.9 Å². The van der Waals surface area contributed by atoms with E-state index >= 15 is 0 Å². The minimum atomic E-state index is -1.34. The number of benzene rings is 1. The van der Waals surface area contributed by atoms with Crippen molar-refractivity contribution in [1.29, 1.82) is 0 Å². The predicted molar refractivity (Wildman–Crippen MR) is 115 cm³/mol. The molecule has 0 aliphatic rings. The highest BCUT2D eigenvalue weighted by atomic mass is 35.5. The summed E-state index contributed by atoms with van der Waals surface area (Å²) in [5.41, 5.74) is 6.12. The third-order valence-corrected chi connectivity index (χ3v) is 4.64. The van der Waals surface area contributed by atoms with E-state index in [1.807, 2.05) is 18.2 Å². The summed E-state index contributed by atoms with van der Waals surface area (Å²) in [6, 6.07) is 10.2. The van der Waals surface area contributed by atoms with Gasteiger partial charge >= 0.3 is 13.1 Å². The average molecular weight is 423 g/mol. The zero-order chi connectivity index (χ0) is 18.7. The first-order chi connectivity index (χ1) is 11.9. The third-order valence-electron chi connectivity index (χ3n) is 4.64. The van der Waals surface area contributed by atoms with E-state index in [0.717, 1.165) is 19.5 Å². The minimum Gasteiger partial charge on any atom is -0.480 e. The number of aliphatic carboxylic acids is 1. The van der Waals surface area contributed by atoms with Gasteiger partial charge in [0.2, 0.25) is 0 Å². The van der Waals surface area contributed by atoms with Gasteiger partial charge < -0.3 is 25.8 Å². The molecule has 1 unspecified atom stereocenters. The number of carbonyl (C=O) groups is 1. The molecule has 0 heterocycles. The van der Waals surface area contributed by atoms with Crippen molar-refractivity contribution in [3.8, 4) is 0 Å². The monoisotopic (exact) mass is 422 g/mol. The molecule has 0 fully saturated rings. The standard InChI is InChI=1S/C18H31BN2O4.2ClH/c1-2-21(14-10-16-8-4-3-5-9-16)15-12-18(20,17(22)23)11-6-7-13-19(24)25;;/h3-5,8-9,24-25H,2,6-7,10-15,20H2,1H3,(H,22,23);2*1H. The summed E-state index contributed by atoms with van der Waals surface area (Å²) in [5.74, 6) is -0.990. The SMILES string of the molecule is CCN(CCc1ccccc1)CCC(N)(CCCCB(O)O)C(=O)O.Cl.Cl. The number of hydrogen-bond donors (Lipinski definition) is 4. The molecule has 0 aliphatic carbocycles. The van der Waals surface area contributed by atoms with Crippen LogP contribution in [0.25, 0.3) is 0 Å². The van der Waals surface area contributed by atoms with E-state index in [1.54, 1.807) is 0 Å². The molecule has 6 nitrogen and oxygen atoms in total. The zero-order valence-corrected chi connectivity index (χ0v) is 17.6. The number of rotatable bonds is 13. The van der Waals surface area contributed by atoms with Crippen molar-refractivity contribution < 1.29 is 19.9 Å². The fourth-order valence-electron chi connectivity index (χ4n) is 2.82. The molecule has 0 spiro atoms. The molecule has 9 heteroatoms. The molecule has 0 saturated heterocycles. The quantitative estimate of drug-likeness (QED) is 0.286. The van der Waals surface area contributed by atoms with Crippen LogP contribution in [0.2, 0.25) is 6.32 Å². The molecule has 0 saturated carbocycles. The number of hydrogen-bond acceptors (Lipinski definition) is 5. The van der Waals surface area contributed by atoms with Crippen molar-refractivity contribution in [2.45, 2.75) is 50.9 Å². The molecule has 1 atom stereocenters. The number of nitrogens with two attached hydrogens (primary N) is 1. The van der Waals surface area contributed by atoms with Crippen LogP contribution in [-0.4, -0.2) is 58.3 Å². The molecule has 5 N–H and O–H groups in total. The van der Waals surface area contributed by atoms with Crippen LogP contribution < -0.4 is 5.73 Å². The van der Waals surface area contributed by atoms with Gasteiger partial charge in [-0.3, -0.25) is 4.79 Å². The largest absolute Gasteiger partial charge is 0.480 e. The lowest BCUT2D eigenvalue weighted by atomic mass is 9.81. The van der Waals surface area contributed by atoms with Gasteiger partial charge in [0, 0.05) is 13.1 Å². The molecule has 0 bridgehead atoms. The second kappa shape index (κ2) is 15.1. The maximum Gasteiger partial charge on any atom is 0.451 e. The third kappa shape index (κ3) is 11.6. The highest BCUT2D eigenvalue weighted by Gasteiger charge is 2.33. The normalized spacial score (nSPS) is 12.6. The number of nitrogens with zero attached hydrogens (tertiary/aromatic N) is 1. The van der Waals surface area contributed by atoms with Crippen LogP contribution in [0.1, 0.15) is 38.2 Å². The molecular weight excluding hydrogens is 390 g/mol. The number of halogens is 2. The van der Waals surface area contributed by atoms with Crippen LogP contribution in [0.3, 0.4) is 0 Å². The van der Waals surface area contributed by atoms with Crippen LogP contribution in [-0.2, 0) is 11.2 Å². The van der Waals surface area contributed by atoms with Crippen molar-refractivity contribution in [3.63, 3.8) is 0 Å². The molecular formula is C18H33BCl2N2O4. The first-order valence-electron chi connectivity index (χ1n) is 9.02. The molecule has 1 aromatic carbocycles. The van der Waals surface area contributed by atoms with E-state index in [4.69, 9.17) is 15.8 Å². The average Bonchev–Trinajstić information content (AvgIpc) is 2.59. The predicted octanol–water partition coefficient (Wildman–Crippen LogP) is 2.21. The summed E-state index contributed by atoms with van der Waals surface area (Å²) < 4.78 is 0. The van der Waals surface area contributed by atoms with Crippen molar-refractivity contribution in [3.05, 3.63) is 35.9 Å². The topological polar surface area (TPSA) is 107 Å². The lowest BCUT2D eigenvalue weighted by molar-refractivity contribution is -0.144. The number of likely N-dealkylation sites (N-methyl/N-ethyl adjacent to an activating group) is 1. The molecule has 0 aliphatic heterocycles. The fraction of sp³-hybridized carbons (Fsp3) is 0.611. The van der Waals surface area contributed by atoms with E-state index < -0.39 is 18.6 Å². The first-order valence-corrected chi connectivity index (χ1v) is 9.02. The van der Waals surface area contributed by atoms with Gasteiger partial charge in [0.25, 0.3) is 0 Å². The number of carboxylic acids is 1. The Balaban J connectivity index is 0. The van der Waals surface area contributed by atoms with Crippen molar-refractivity contribution in [1.82, 2.24) is 4.90 Å². The Morgan fingerprint density at radius 2 is 1.74 bits per heavy atom. The van der Waals surface area contributed by atoms with Crippen LogP contribution >= 0.6 is 24.8 Å². The molecule has 1 aromatic rings. The van der Waals surface area contributed by atoms with Crippen LogP contribution in [0.5, 0.6) is 0 Å². The lowest BCUT2D eigenvalue weighted by Gasteiger charge is -2.29. The lowest BCUT2D eigenvalue weighted by Crippen LogP contribution is -2.50. The van der Waals surface area contributed by atoms with E-state index in [0.29, 0.717) is 32.2 Å². The summed E-state index contributed by atoms with van der Waals surface area (Å²) >= 11 is 0. The Bertz CT molecular complexity index is 511. The number of carboxylic acid groups (broad SMARTS) is 1. The maximum absolute atomic E-state index is 11.6. The van der Waals surface area contributed by atoms with E-state index in [2.05, 4.69) is 24.0 Å². The highest BCUT2D eigenvalue weighted by molar-refractivity contribution is 6.40. The molecule has 1 rings (SSSR count). The minimum absolute atomic E-state index is 0. The summed E-state index contributed by atoms with van der Waals surface area (Å²) in [4.78, 5) is 13.8. The van der Waals surface area contributed by atoms with Gasteiger partial charge in [-0.2, -0.15) is 0 Å². The van der Waals surface area contributed by atoms with Crippen molar-refractivity contribution in [2.24, 2.45) is 5.73 Å². The Morgan fingerprint density at radius 1 is 1.11 bits per heavy atom. The van der Waals surface area contributed by atoms with Gasteiger partial charge in [0.15, 0.2) is 0 Å². The van der Waals surface area contributed by atoms with Gasteiger partial charge in [-0.1, -0.05) is 50.1 Å². The summed E-state index contributed by atoms with van der Waals surface area (Å²) in [6.07, 6.45) is 3.01. The van der Waals surface area contributed by atoms with Gasteiger partial charge in [-0.25, -0.2) is 0 Å². The van der Waals surface area contributed by atoms with E-state index in [1.165, 1.54) is 5.56 Å². The Kier molecular flexibility index (Phi) is 15.9. The first kappa shape index (κ1) is 28.4. The molecule has 27 heavy (non-hydrogen) atoms. The second-order valence-corrected chi connectivity index (χ2v) is 6.61. The van der Waals surface area contributed by atoms with Crippen LogP contribution in [0.15, 0.2) is 30.3 Å². The summed E-state index contributed by atoms with van der Waals surface area (Å²) in [6.45, 7) is 4.41. The smallest absolute Gasteiger partial charge is 0.451 e. The van der Waals surface area contributed by atoms with Gasteiger partial charge in [-0.05, 0) is 37.7 Å². The maximum atomic E-state index is 11.6. The highest BCUT2D eigenvalue weighted by Crippen LogP contribution is 2.18. The molecule has 0 radical (unpaired) electrons.